The lowest BCUT2D eigenvalue weighted by atomic mass is 10.2. The van der Waals surface area contributed by atoms with E-state index in [0.29, 0.717) is 31.3 Å². The van der Waals surface area contributed by atoms with E-state index in [9.17, 15) is 4.79 Å². The van der Waals surface area contributed by atoms with E-state index in [1.165, 1.54) is 0 Å². The molecule has 1 heterocycles. The minimum absolute atomic E-state index is 0. The average molecular weight is 429 g/mol. The predicted molar refractivity (Wildman–Crippen MR) is 113 cm³/mol. The van der Waals surface area contributed by atoms with Crippen LogP contribution in [0, 0.1) is 0 Å². The van der Waals surface area contributed by atoms with E-state index < -0.39 is 6.09 Å². The van der Waals surface area contributed by atoms with E-state index in [2.05, 4.69) is 15.6 Å². The van der Waals surface area contributed by atoms with Gasteiger partial charge >= 0.3 is 6.09 Å². The molecule has 158 valence electrons. The van der Waals surface area contributed by atoms with Crippen LogP contribution < -0.4 is 38.5 Å². The zero-order chi connectivity index (χ0) is 20.5. The van der Waals surface area contributed by atoms with Crippen molar-refractivity contribution in [2.24, 2.45) is 0 Å². The number of aromatic amines is 1. The van der Waals surface area contributed by atoms with Crippen molar-refractivity contribution in [1.29, 1.82) is 0 Å². The fraction of sp³-hybridized carbons (Fsp3) is 0.182. The molecule has 0 aliphatic carbocycles. The Bertz CT molecular complexity index is 937. The number of anilines is 3. The van der Waals surface area contributed by atoms with Gasteiger partial charge in [-0.2, -0.15) is 0 Å². The van der Waals surface area contributed by atoms with Gasteiger partial charge in [0.15, 0.2) is 0 Å². The summed E-state index contributed by atoms with van der Waals surface area (Å²) in [5, 5.41) is 5.85. The zero-order valence-corrected chi connectivity index (χ0v) is 17.4. The van der Waals surface area contributed by atoms with Gasteiger partial charge in [0, 0.05) is 6.07 Å². The molecule has 2 aromatic carbocycles. The van der Waals surface area contributed by atoms with Gasteiger partial charge in [-0.15, -0.1) is 0 Å². The molecule has 5 N–H and O–H groups in total. The number of amides is 1. The van der Waals surface area contributed by atoms with Crippen molar-refractivity contribution in [3.05, 3.63) is 77.9 Å². The maximum Gasteiger partial charge on any atom is 0.411 e. The molecule has 0 aliphatic rings. The minimum Gasteiger partial charge on any atom is -1.00 e. The van der Waals surface area contributed by atoms with Crippen LogP contribution in [-0.2, 0) is 17.9 Å². The highest BCUT2D eigenvalue weighted by Gasteiger charge is 2.10. The number of hydrogen-bond acceptors (Lipinski definition) is 5. The second-order valence-electron chi connectivity index (χ2n) is 6.32. The Morgan fingerprint density at radius 2 is 1.73 bits per heavy atom. The van der Waals surface area contributed by atoms with Gasteiger partial charge in [0.2, 0.25) is 11.6 Å². The molecule has 8 heteroatoms. The number of pyridine rings is 1. The van der Waals surface area contributed by atoms with E-state index in [1.54, 1.807) is 19.1 Å². The second kappa shape index (κ2) is 11.5. The highest BCUT2D eigenvalue weighted by atomic mass is 35.5. The highest BCUT2D eigenvalue weighted by Crippen LogP contribution is 2.17. The number of H-pyrrole nitrogens is 1. The van der Waals surface area contributed by atoms with Crippen molar-refractivity contribution >= 4 is 23.4 Å². The molecule has 1 aromatic heterocycles. The van der Waals surface area contributed by atoms with Crippen molar-refractivity contribution in [1.82, 2.24) is 0 Å². The SMILES string of the molecule is CCOC(=O)Nc1ccc(NCc2ccc(OCc3ccccc3)cc2)[nH+]c1N.[Cl-]. The maximum atomic E-state index is 11.5. The van der Waals surface area contributed by atoms with Crippen molar-refractivity contribution < 1.29 is 31.7 Å². The molecule has 7 nitrogen and oxygen atoms in total. The number of nitrogens with two attached hydrogens (primary N) is 1. The molecule has 0 saturated carbocycles. The molecule has 30 heavy (non-hydrogen) atoms. The number of carbonyl (C=O) groups excluding carboxylic acids is 1. The molecular formula is C22H25ClN4O3. The van der Waals surface area contributed by atoms with Gasteiger partial charge in [0.05, 0.1) is 13.2 Å². The lowest BCUT2D eigenvalue weighted by Crippen LogP contribution is -3.00. The Morgan fingerprint density at radius 3 is 2.40 bits per heavy atom. The van der Waals surface area contributed by atoms with Crippen molar-refractivity contribution in [2.75, 3.05) is 23.0 Å². The Kier molecular flexibility index (Phi) is 8.77. The average Bonchev–Trinajstić information content (AvgIpc) is 2.74. The van der Waals surface area contributed by atoms with Crippen molar-refractivity contribution in [2.45, 2.75) is 20.1 Å². The Balaban J connectivity index is 0.00000320. The Hall–Kier alpha value is -3.45. The summed E-state index contributed by atoms with van der Waals surface area (Å²) in [6, 6.07) is 21.5. The summed E-state index contributed by atoms with van der Waals surface area (Å²) in [4.78, 5) is 14.5. The highest BCUT2D eigenvalue weighted by molar-refractivity contribution is 5.87. The van der Waals surface area contributed by atoms with Crippen LogP contribution in [0.25, 0.3) is 0 Å². The first-order valence-corrected chi connectivity index (χ1v) is 9.39. The third-order valence-electron chi connectivity index (χ3n) is 4.14. The van der Waals surface area contributed by atoms with E-state index in [4.69, 9.17) is 15.2 Å². The quantitative estimate of drug-likeness (QED) is 0.494. The maximum absolute atomic E-state index is 11.5. The summed E-state index contributed by atoms with van der Waals surface area (Å²) < 4.78 is 10.6. The van der Waals surface area contributed by atoms with Crippen LogP contribution in [0.2, 0.25) is 0 Å². The van der Waals surface area contributed by atoms with Gasteiger partial charge in [0.1, 0.15) is 18.0 Å². The molecule has 1 amide bonds. The molecule has 0 radical (unpaired) electrons. The lowest BCUT2D eigenvalue weighted by molar-refractivity contribution is -0.342. The molecule has 0 spiro atoms. The van der Waals surface area contributed by atoms with E-state index >= 15 is 0 Å². The van der Waals surface area contributed by atoms with Gasteiger partial charge in [-0.05, 0) is 36.2 Å². The normalized spacial score (nSPS) is 9.90. The lowest BCUT2D eigenvalue weighted by Gasteiger charge is -2.08. The fourth-order valence-electron chi connectivity index (χ4n) is 2.64. The summed E-state index contributed by atoms with van der Waals surface area (Å²) in [5.41, 5.74) is 8.65. The third-order valence-corrected chi connectivity index (χ3v) is 4.14. The molecule has 0 fully saturated rings. The number of nitrogen functional groups attached to an aromatic ring is 1. The molecule has 0 atom stereocenters. The summed E-state index contributed by atoms with van der Waals surface area (Å²) in [6.45, 7) is 3.19. The second-order valence-corrected chi connectivity index (χ2v) is 6.32. The van der Waals surface area contributed by atoms with Crippen LogP contribution in [0.15, 0.2) is 66.7 Å². The van der Waals surface area contributed by atoms with E-state index in [1.807, 2.05) is 54.6 Å². The summed E-state index contributed by atoms with van der Waals surface area (Å²) in [6.07, 6.45) is -0.539. The van der Waals surface area contributed by atoms with Gasteiger partial charge in [-0.1, -0.05) is 42.5 Å². The number of hydrogen-bond donors (Lipinski definition) is 3. The number of rotatable bonds is 8. The molecule has 3 rings (SSSR count). The number of halogens is 1. The number of ether oxygens (including phenoxy) is 2. The van der Waals surface area contributed by atoms with Gasteiger partial charge in [-0.25, -0.2) is 9.78 Å². The fourth-order valence-corrected chi connectivity index (χ4v) is 2.64. The molecule has 0 unspecified atom stereocenters. The van der Waals surface area contributed by atoms with Crippen LogP contribution in [-0.4, -0.2) is 12.7 Å². The summed E-state index contributed by atoms with van der Waals surface area (Å²) in [7, 11) is 0. The van der Waals surface area contributed by atoms with Crippen LogP contribution in [0.1, 0.15) is 18.1 Å². The number of benzene rings is 2. The van der Waals surface area contributed by atoms with Gasteiger partial charge in [-0.3, -0.25) is 5.32 Å². The zero-order valence-electron chi connectivity index (χ0n) is 16.7. The van der Waals surface area contributed by atoms with E-state index in [-0.39, 0.29) is 12.4 Å². The molecule has 3 aromatic rings. The Morgan fingerprint density at radius 1 is 1.00 bits per heavy atom. The molecular weight excluding hydrogens is 404 g/mol. The van der Waals surface area contributed by atoms with E-state index in [0.717, 1.165) is 22.7 Å². The standard InChI is InChI=1S/C22H24N4O3.ClH/c1-2-28-22(27)25-19-12-13-20(26-21(19)23)24-14-16-8-10-18(11-9-16)29-15-17-6-4-3-5-7-17;/h3-13H,2,14-15H2,1H3,(H,25,27)(H3,23,24,26);1H. The molecule has 0 bridgehead atoms. The predicted octanol–water partition coefficient (Wildman–Crippen LogP) is 0.846. The smallest absolute Gasteiger partial charge is 0.411 e. The van der Waals surface area contributed by atoms with Crippen molar-refractivity contribution in [3.63, 3.8) is 0 Å². The molecule has 0 aliphatic heterocycles. The number of nitrogens with one attached hydrogen (secondary N) is 3. The first kappa shape index (κ1) is 22.8. The monoisotopic (exact) mass is 428 g/mol. The Labute approximate surface area is 182 Å². The third kappa shape index (κ3) is 6.86. The number of aromatic nitrogens is 1. The largest absolute Gasteiger partial charge is 1.00 e. The van der Waals surface area contributed by atoms with Crippen LogP contribution >= 0.6 is 0 Å². The van der Waals surface area contributed by atoms with Gasteiger partial charge in [0.25, 0.3) is 0 Å². The molecule has 0 saturated heterocycles. The first-order valence-electron chi connectivity index (χ1n) is 9.39. The van der Waals surface area contributed by atoms with Crippen LogP contribution in [0.4, 0.5) is 22.1 Å². The van der Waals surface area contributed by atoms with Crippen LogP contribution in [0.3, 0.4) is 0 Å². The first-order chi connectivity index (χ1) is 14.1. The topological polar surface area (TPSA) is 99.8 Å². The minimum atomic E-state index is -0.539. The number of carbonyl (C=O) groups is 1. The summed E-state index contributed by atoms with van der Waals surface area (Å²) >= 11 is 0. The van der Waals surface area contributed by atoms with Crippen molar-refractivity contribution in [3.8, 4) is 5.75 Å². The summed E-state index contributed by atoms with van der Waals surface area (Å²) in [5.74, 6) is 1.90. The van der Waals surface area contributed by atoms with Crippen LogP contribution in [0.5, 0.6) is 5.75 Å². The van der Waals surface area contributed by atoms with Gasteiger partial charge < -0.3 is 32.9 Å².